The maximum Gasteiger partial charge on any atom is 0.394 e. The van der Waals surface area contributed by atoms with Crippen LogP contribution in [0, 0.1) is 0 Å². The largest absolute Gasteiger partial charge is 0.474 e. The fourth-order valence-corrected chi connectivity index (χ4v) is 1.45. The summed E-state index contributed by atoms with van der Waals surface area (Å²) in [7, 11) is 0. The second-order valence-electron chi connectivity index (χ2n) is 3.25. The zero-order chi connectivity index (χ0) is 12.6. The van der Waals surface area contributed by atoms with Crippen molar-refractivity contribution in [1.29, 1.82) is 0 Å². The summed E-state index contributed by atoms with van der Waals surface area (Å²) in [6.45, 7) is 0. The highest BCUT2D eigenvalue weighted by Crippen LogP contribution is 2.16. The first-order chi connectivity index (χ1) is 8.00. The van der Waals surface area contributed by atoms with E-state index in [0.29, 0.717) is 11.0 Å². The van der Waals surface area contributed by atoms with Crippen LogP contribution in [0.2, 0.25) is 0 Å². The third-order valence-corrected chi connectivity index (χ3v) is 2.18. The van der Waals surface area contributed by atoms with Crippen molar-refractivity contribution >= 4 is 34.7 Å². The summed E-state index contributed by atoms with van der Waals surface area (Å²) in [6, 6.07) is 6.50. The molecule has 2 rings (SSSR count). The summed E-state index contributed by atoms with van der Waals surface area (Å²) in [5.74, 6) is -5.64. The van der Waals surface area contributed by atoms with E-state index in [1.807, 2.05) is 0 Å². The highest BCUT2D eigenvalue weighted by Gasteiger charge is 2.24. The summed E-state index contributed by atoms with van der Waals surface area (Å²) >= 11 is 0. The molecule has 0 unspecified atom stereocenters. The van der Waals surface area contributed by atoms with Gasteiger partial charge in [0, 0.05) is 11.0 Å². The molecule has 0 aromatic carbocycles. The molecule has 2 N–H and O–H groups in total. The minimum Gasteiger partial charge on any atom is -0.474 e. The highest BCUT2D eigenvalue weighted by molar-refractivity contribution is 6.45. The average molecular weight is 234 g/mol. The van der Waals surface area contributed by atoms with Gasteiger partial charge >= 0.3 is 23.7 Å². The number of nitrogens with zero attached hydrogens (tertiary/aromatic N) is 1. The van der Waals surface area contributed by atoms with Crippen LogP contribution in [0.15, 0.2) is 24.3 Å². The van der Waals surface area contributed by atoms with Crippen LogP contribution in [0.1, 0.15) is 4.79 Å². The molecule has 0 aliphatic heterocycles. The first-order valence-electron chi connectivity index (χ1n) is 4.53. The Kier molecular flexibility index (Phi) is 2.36. The van der Waals surface area contributed by atoms with Gasteiger partial charge < -0.3 is 5.11 Å². The van der Waals surface area contributed by atoms with E-state index in [1.54, 1.807) is 24.3 Å². The van der Waals surface area contributed by atoms with Crippen molar-refractivity contribution in [3.8, 4) is 0 Å². The van der Waals surface area contributed by atoms with E-state index in [0.717, 1.165) is 4.57 Å². The van der Waals surface area contributed by atoms with Crippen LogP contribution in [0.25, 0.3) is 11.0 Å². The fraction of sp³-hybridized carbons (Fsp3) is 0. The first kappa shape index (κ1) is 10.8. The smallest absolute Gasteiger partial charge is 0.394 e. The van der Waals surface area contributed by atoms with E-state index >= 15 is 0 Å². The number of carboxylic acid groups (broad SMARTS) is 1. The summed E-state index contributed by atoms with van der Waals surface area (Å²) in [5, 5.41) is 9.74. The normalized spacial score (nSPS) is 10.4. The molecule has 0 spiro atoms. The number of aliphatic carboxylic acids is 1. The maximum absolute atomic E-state index is 11.6. The van der Waals surface area contributed by atoms with Crippen LogP contribution in [-0.4, -0.2) is 33.4 Å². The Labute approximate surface area is 94.0 Å². The van der Waals surface area contributed by atoms with E-state index < -0.39 is 23.7 Å². The Morgan fingerprint density at radius 3 is 1.82 bits per heavy atom. The maximum atomic E-state index is 11.6. The number of carbonyl (C=O) groups is 4. The molecule has 0 atom stereocenters. The van der Waals surface area contributed by atoms with Crippen LogP contribution in [-0.2, 0) is 14.4 Å². The molecule has 2 aromatic heterocycles. The topological polar surface area (TPSA) is 105 Å². The van der Waals surface area contributed by atoms with Gasteiger partial charge in [-0.2, -0.15) is 0 Å². The number of imide groups is 1. The minimum atomic E-state index is -1.83. The average Bonchev–Trinajstić information content (AvgIpc) is 2.87. The first-order valence-corrected chi connectivity index (χ1v) is 4.53. The standard InChI is InChI=1S/C10H6N2O5/c13-7(11-8(14)10(16)17)9(15)12-5-1-2-6(12)4-3-5/h1-4H,(H,16,17)(H,11,13,14). The third kappa shape index (κ3) is 1.73. The van der Waals surface area contributed by atoms with Crippen molar-refractivity contribution in [3.05, 3.63) is 24.3 Å². The van der Waals surface area contributed by atoms with Crippen molar-refractivity contribution in [3.63, 3.8) is 0 Å². The molecule has 0 saturated carbocycles. The van der Waals surface area contributed by atoms with E-state index in [2.05, 4.69) is 0 Å². The lowest BCUT2D eigenvalue weighted by Crippen LogP contribution is -2.41. The molecular weight excluding hydrogens is 228 g/mol. The van der Waals surface area contributed by atoms with Gasteiger partial charge in [-0.1, -0.05) is 0 Å². The molecule has 2 amide bonds. The molecule has 0 saturated heterocycles. The lowest BCUT2D eigenvalue weighted by molar-refractivity contribution is -0.151. The van der Waals surface area contributed by atoms with Crippen molar-refractivity contribution in [2.75, 3.05) is 0 Å². The summed E-state index contributed by atoms with van der Waals surface area (Å²) in [4.78, 5) is 43.8. The van der Waals surface area contributed by atoms with Crippen molar-refractivity contribution in [2.24, 2.45) is 0 Å². The molecule has 86 valence electrons. The number of amides is 2. The monoisotopic (exact) mass is 234 g/mol. The number of fused-ring (bicyclic) bond motifs is 2. The Hall–Kier alpha value is -2.70. The summed E-state index contributed by atoms with van der Waals surface area (Å²) < 4.78 is 1.09. The SMILES string of the molecule is O=C(O)C(=O)NC(=O)C(=O)n1c2ccc1cc2. The Morgan fingerprint density at radius 1 is 0.941 bits per heavy atom. The van der Waals surface area contributed by atoms with Gasteiger partial charge in [-0.05, 0) is 24.3 Å². The van der Waals surface area contributed by atoms with Crippen LogP contribution >= 0.6 is 0 Å². The third-order valence-electron chi connectivity index (χ3n) is 2.18. The van der Waals surface area contributed by atoms with Crippen molar-refractivity contribution < 1.29 is 24.3 Å². The van der Waals surface area contributed by atoms with E-state index in [4.69, 9.17) is 5.11 Å². The van der Waals surface area contributed by atoms with Gasteiger partial charge in [0.1, 0.15) is 0 Å². The minimum absolute atomic E-state index is 0.503. The second kappa shape index (κ2) is 3.71. The quantitative estimate of drug-likeness (QED) is 0.595. The van der Waals surface area contributed by atoms with Gasteiger partial charge in [0.15, 0.2) is 0 Å². The fourth-order valence-electron chi connectivity index (χ4n) is 1.45. The van der Waals surface area contributed by atoms with Gasteiger partial charge in [-0.25, -0.2) is 4.79 Å². The molecule has 0 aliphatic rings. The molecule has 2 bridgehead atoms. The lowest BCUT2D eigenvalue weighted by Gasteiger charge is -2.01. The van der Waals surface area contributed by atoms with Crippen molar-refractivity contribution in [2.45, 2.75) is 0 Å². The summed E-state index contributed by atoms with van der Waals surface area (Å²) in [5.41, 5.74) is 1.01. The Balaban J connectivity index is 2.19. The number of carbonyl (C=O) groups excluding carboxylic acids is 3. The van der Waals surface area contributed by atoms with Crippen LogP contribution in [0.3, 0.4) is 0 Å². The second-order valence-corrected chi connectivity index (χ2v) is 3.25. The van der Waals surface area contributed by atoms with E-state index in [-0.39, 0.29) is 0 Å². The lowest BCUT2D eigenvalue weighted by atomic mass is 10.4. The molecule has 7 heteroatoms. The van der Waals surface area contributed by atoms with Crippen LogP contribution in [0.5, 0.6) is 0 Å². The molecule has 0 radical (unpaired) electrons. The van der Waals surface area contributed by atoms with Gasteiger partial charge in [0.05, 0.1) is 0 Å². The van der Waals surface area contributed by atoms with Crippen LogP contribution < -0.4 is 5.32 Å². The number of rotatable bonds is 0. The summed E-state index contributed by atoms with van der Waals surface area (Å²) in [6.07, 6.45) is 0. The molecule has 0 fully saturated rings. The van der Waals surface area contributed by atoms with Gasteiger partial charge in [0.25, 0.3) is 0 Å². The number of hydrogen-bond donors (Lipinski definition) is 2. The zero-order valence-corrected chi connectivity index (χ0v) is 8.34. The number of aromatic nitrogens is 1. The molecule has 17 heavy (non-hydrogen) atoms. The molecule has 2 aromatic rings. The molecule has 7 nitrogen and oxygen atoms in total. The van der Waals surface area contributed by atoms with Gasteiger partial charge in [-0.15, -0.1) is 0 Å². The number of hydrogen-bond acceptors (Lipinski definition) is 4. The van der Waals surface area contributed by atoms with Crippen LogP contribution in [0.4, 0.5) is 0 Å². The zero-order valence-electron chi connectivity index (χ0n) is 8.34. The van der Waals surface area contributed by atoms with Gasteiger partial charge in [0.2, 0.25) is 0 Å². The predicted octanol–water partition coefficient (Wildman–Crippen LogP) is -0.553. The van der Waals surface area contributed by atoms with Gasteiger partial charge in [-0.3, -0.25) is 24.3 Å². The number of benzene rings is 1. The molecular formula is C10H6N2O5. The number of nitrogens with one attached hydrogen (secondary N) is 1. The molecule has 0 aliphatic carbocycles. The predicted molar refractivity (Wildman–Crippen MR) is 54.5 cm³/mol. The van der Waals surface area contributed by atoms with E-state index in [9.17, 15) is 19.2 Å². The Bertz CT molecular complexity index is 579. The number of carboxylic acids is 1. The van der Waals surface area contributed by atoms with E-state index in [1.165, 1.54) is 5.32 Å². The van der Waals surface area contributed by atoms with Crippen molar-refractivity contribution in [1.82, 2.24) is 9.88 Å². The Morgan fingerprint density at radius 2 is 1.41 bits per heavy atom. The highest BCUT2D eigenvalue weighted by atomic mass is 16.4. The molecule has 2 heterocycles.